The average molecular weight is 256 g/mol. The quantitative estimate of drug-likeness (QED) is 0.603. The number of carbonyl (C=O) groups is 2. The highest BCUT2D eigenvalue weighted by atomic mass is 16.5. The SMILES string of the molecule is Cn1ccnc1C(=O)C1COc2ccccc2C1=O. The number of hydrogen-bond donors (Lipinski definition) is 0. The summed E-state index contributed by atoms with van der Waals surface area (Å²) < 4.78 is 7.09. The van der Waals surface area contributed by atoms with Gasteiger partial charge in [0, 0.05) is 19.4 Å². The van der Waals surface area contributed by atoms with Crippen LogP contribution in [0.5, 0.6) is 5.75 Å². The number of ether oxygens (including phenoxy) is 1. The molecular weight excluding hydrogens is 244 g/mol. The minimum absolute atomic E-state index is 0.0710. The Morgan fingerprint density at radius 3 is 2.95 bits per heavy atom. The van der Waals surface area contributed by atoms with Crippen LogP contribution in [0.4, 0.5) is 0 Å². The van der Waals surface area contributed by atoms with E-state index in [1.165, 1.54) is 6.20 Å². The molecule has 1 aliphatic rings. The fraction of sp³-hybridized carbons (Fsp3) is 0.214. The van der Waals surface area contributed by atoms with E-state index in [-0.39, 0.29) is 24.0 Å². The van der Waals surface area contributed by atoms with E-state index in [0.717, 1.165) is 0 Å². The van der Waals surface area contributed by atoms with Crippen molar-refractivity contribution in [3.8, 4) is 5.75 Å². The number of Topliss-reactive ketones (excluding diaryl/α,β-unsaturated/α-hetero) is 2. The minimum atomic E-state index is -0.809. The second-order valence-electron chi connectivity index (χ2n) is 4.45. The van der Waals surface area contributed by atoms with Crippen LogP contribution in [0.2, 0.25) is 0 Å². The third-order valence-corrected chi connectivity index (χ3v) is 3.23. The molecule has 0 radical (unpaired) electrons. The Kier molecular flexibility index (Phi) is 2.67. The Bertz CT molecular complexity index is 660. The number of imidazole rings is 1. The van der Waals surface area contributed by atoms with Gasteiger partial charge in [0.25, 0.3) is 0 Å². The molecule has 19 heavy (non-hydrogen) atoms. The number of hydrogen-bond acceptors (Lipinski definition) is 4. The fourth-order valence-corrected chi connectivity index (χ4v) is 2.19. The van der Waals surface area contributed by atoms with E-state index in [2.05, 4.69) is 4.98 Å². The van der Waals surface area contributed by atoms with Crippen molar-refractivity contribution in [2.24, 2.45) is 13.0 Å². The van der Waals surface area contributed by atoms with Gasteiger partial charge in [0.15, 0.2) is 11.6 Å². The average Bonchev–Trinajstić information content (AvgIpc) is 2.85. The van der Waals surface area contributed by atoms with E-state index in [4.69, 9.17) is 4.74 Å². The van der Waals surface area contributed by atoms with E-state index in [1.54, 1.807) is 42.1 Å². The lowest BCUT2D eigenvalue weighted by Gasteiger charge is -2.22. The summed E-state index contributed by atoms with van der Waals surface area (Å²) in [4.78, 5) is 28.6. The molecule has 5 heteroatoms. The molecule has 1 aromatic carbocycles. The fourth-order valence-electron chi connectivity index (χ4n) is 2.19. The summed E-state index contributed by atoms with van der Waals surface area (Å²) in [5.41, 5.74) is 0.460. The number of ketones is 2. The lowest BCUT2D eigenvalue weighted by atomic mass is 9.91. The zero-order valence-corrected chi connectivity index (χ0v) is 10.4. The topological polar surface area (TPSA) is 61.2 Å². The monoisotopic (exact) mass is 256 g/mol. The van der Waals surface area contributed by atoms with Crippen molar-refractivity contribution in [2.45, 2.75) is 0 Å². The summed E-state index contributed by atoms with van der Waals surface area (Å²) in [6.07, 6.45) is 3.21. The summed E-state index contributed by atoms with van der Waals surface area (Å²) >= 11 is 0. The number of aryl methyl sites for hydroxylation is 1. The summed E-state index contributed by atoms with van der Waals surface area (Å²) in [5.74, 6) is -0.490. The molecule has 0 fully saturated rings. The van der Waals surface area contributed by atoms with Crippen LogP contribution in [0, 0.1) is 5.92 Å². The number of benzene rings is 1. The van der Waals surface area contributed by atoms with E-state index in [9.17, 15) is 9.59 Å². The van der Waals surface area contributed by atoms with Crippen LogP contribution in [0.15, 0.2) is 36.7 Å². The first-order valence-corrected chi connectivity index (χ1v) is 5.96. The second kappa shape index (κ2) is 4.35. The molecule has 5 nitrogen and oxygen atoms in total. The van der Waals surface area contributed by atoms with Gasteiger partial charge in [0.1, 0.15) is 18.3 Å². The highest BCUT2D eigenvalue weighted by Crippen LogP contribution is 2.28. The Morgan fingerprint density at radius 2 is 2.21 bits per heavy atom. The number of fused-ring (bicyclic) bond motifs is 1. The number of para-hydroxylation sites is 1. The predicted molar refractivity (Wildman–Crippen MR) is 67.3 cm³/mol. The van der Waals surface area contributed by atoms with Crippen LogP contribution in [-0.2, 0) is 7.05 Å². The van der Waals surface area contributed by atoms with Crippen LogP contribution >= 0.6 is 0 Å². The third kappa shape index (κ3) is 1.83. The van der Waals surface area contributed by atoms with Gasteiger partial charge >= 0.3 is 0 Å². The highest BCUT2D eigenvalue weighted by Gasteiger charge is 2.36. The van der Waals surface area contributed by atoms with Gasteiger partial charge in [0.2, 0.25) is 5.78 Å². The number of nitrogens with zero attached hydrogens (tertiary/aromatic N) is 2. The van der Waals surface area contributed by atoms with Crippen molar-refractivity contribution in [2.75, 3.05) is 6.61 Å². The molecule has 1 aromatic heterocycles. The Morgan fingerprint density at radius 1 is 1.42 bits per heavy atom. The molecule has 96 valence electrons. The standard InChI is InChI=1S/C14H12N2O3/c1-16-7-6-15-14(16)13(18)10-8-19-11-5-3-2-4-9(11)12(10)17/h2-7,10H,8H2,1H3. The van der Waals surface area contributed by atoms with Gasteiger partial charge < -0.3 is 9.30 Å². The summed E-state index contributed by atoms with van der Waals surface area (Å²) in [5, 5.41) is 0. The molecule has 1 atom stereocenters. The normalized spacial score (nSPS) is 17.7. The van der Waals surface area contributed by atoms with E-state index >= 15 is 0 Å². The van der Waals surface area contributed by atoms with Crippen LogP contribution in [0.25, 0.3) is 0 Å². The molecule has 0 spiro atoms. The smallest absolute Gasteiger partial charge is 0.212 e. The van der Waals surface area contributed by atoms with E-state index in [1.807, 2.05) is 0 Å². The first-order valence-electron chi connectivity index (χ1n) is 5.96. The van der Waals surface area contributed by atoms with Gasteiger partial charge in [-0.15, -0.1) is 0 Å². The Balaban J connectivity index is 1.95. The molecule has 0 aliphatic carbocycles. The van der Waals surface area contributed by atoms with Crippen molar-refractivity contribution < 1.29 is 14.3 Å². The zero-order valence-electron chi connectivity index (χ0n) is 10.4. The van der Waals surface area contributed by atoms with Crippen LogP contribution in [0.1, 0.15) is 21.0 Å². The van der Waals surface area contributed by atoms with Crippen molar-refractivity contribution in [3.63, 3.8) is 0 Å². The van der Waals surface area contributed by atoms with Crippen molar-refractivity contribution >= 4 is 11.6 Å². The zero-order chi connectivity index (χ0) is 13.4. The van der Waals surface area contributed by atoms with Crippen LogP contribution in [-0.4, -0.2) is 27.7 Å². The summed E-state index contributed by atoms with van der Waals surface area (Å²) in [6.45, 7) is 0.0710. The predicted octanol–water partition coefficient (Wildman–Crippen LogP) is 1.49. The van der Waals surface area contributed by atoms with E-state index < -0.39 is 5.92 Å². The maximum atomic E-state index is 12.3. The number of aromatic nitrogens is 2. The van der Waals surface area contributed by atoms with Crippen molar-refractivity contribution in [3.05, 3.63) is 48.0 Å². The Labute approximate surface area is 109 Å². The molecular formula is C14H12N2O3. The Hall–Kier alpha value is -2.43. The molecule has 0 saturated heterocycles. The molecule has 2 heterocycles. The lowest BCUT2D eigenvalue weighted by Crippen LogP contribution is -2.35. The van der Waals surface area contributed by atoms with E-state index in [0.29, 0.717) is 11.3 Å². The van der Waals surface area contributed by atoms with Gasteiger partial charge in [0.05, 0.1) is 5.56 Å². The molecule has 3 rings (SSSR count). The van der Waals surface area contributed by atoms with Crippen LogP contribution < -0.4 is 4.74 Å². The molecule has 0 N–H and O–H groups in total. The minimum Gasteiger partial charge on any atom is -0.492 e. The molecule has 1 unspecified atom stereocenters. The molecule has 1 aliphatic heterocycles. The maximum absolute atomic E-state index is 12.3. The first-order chi connectivity index (χ1) is 9.18. The maximum Gasteiger partial charge on any atom is 0.212 e. The number of rotatable bonds is 2. The molecule has 2 aromatic rings. The van der Waals surface area contributed by atoms with Gasteiger partial charge in [-0.25, -0.2) is 4.98 Å². The summed E-state index contributed by atoms with van der Waals surface area (Å²) in [7, 11) is 1.72. The second-order valence-corrected chi connectivity index (χ2v) is 4.45. The van der Waals surface area contributed by atoms with Gasteiger partial charge in [-0.3, -0.25) is 9.59 Å². The third-order valence-electron chi connectivity index (χ3n) is 3.23. The highest BCUT2D eigenvalue weighted by molar-refractivity contribution is 6.16. The van der Waals surface area contributed by atoms with Gasteiger partial charge in [-0.05, 0) is 12.1 Å². The molecule has 0 amide bonds. The largest absolute Gasteiger partial charge is 0.492 e. The lowest BCUT2D eigenvalue weighted by molar-refractivity contribution is 0.0715. The van der Waals surface area contributed by atoms with Gasteiger partial charge in [-0.2, -0.15) is 0 Å². The van der Waals surface area contributed by atoms with Crippen molar-refractivity contribution in [1.82, 2.24) is 9.55 Å². The molecule has 0 saturated carbocycles. The first kappa shape index (κ1) is 11.6. The van der Waals surface area contributed by atoms with Gasteiger partial charge in [-0.1, -0.05) is 12.1 Å². The number of carbonyl (C=O) groups excluding carboxylic acids is 2. The van der Waals surface area contributed by atoms with Crippen LogP contribution in [0.3, 0.4) is 0 Å². The summed E-state index contributed by atoms with van der Waals surface area (Å²) in [6, 6.07) is 6.96. The van der Waals surface area contributed by atoms with Crippen molar-refractivity contribution in [1.29, 1.82) is 0 Å². The molecule has 0 bridgehead atoms.